The maximum absolute atomic E-state index is 4.49. The second-order valence-electron chi connectivity index (χ2n) is 4.83. The number of aromatic nitrogens is 2. The molecule has 0 fully saturated rings. The summed E-state index contributed by atoms with van der Waals surface area (Å²) in [7, 11) is 4.29. The van der Waals surface area contributed by atoms with E-state index in [0.717, 1.165) is 25.1 Å². The molecular formula is C14H26N4. The van der Waals surface area contributed by atoms with Crippen molar-refractivity contribution in [3.8, 4) is 0 Å². The van der Waals surface area contributed by atoms with Gasteiger partial charge < -0.3 is 10.2 Å². The van der Waals surface area contributed by atoms with Gasteiger partial charge in [0.1, 0.15) is 0 Å². The van der Waals surface area contributed by atoms with Crippen LogP contribution >= 0.6 is 0 Å². The standard InChI is InChI=1S/C14H26N4/c1-6-14(7-2,18(4)5)13(16-8-3)12-11-15-9-10-17-12/h9-11,13,16H,6-8H2,1-5H3. The van der Waals surface area contributed by atoms with Crippen molar-refractivity contribution in [2.24, 2.45) is 0 Å². The molecule has 0 amide bonds. The lowest BCUT2D eigenvalue weighted by Crippen LogP contribution is -2.53. The summed E-state index contributed by atoms with van der Waals surface area (Å²) in [5.74, 6) is 0. The number of hydrogen-bond acceptors (Lipinski definition) is 4. The third-order valence-electron chi connectivity index (χ3n) is 3.94. The molecule has 4 nitrogen and oxygen atoms in total. The summed E-state index contributed by atoms with van der Waals surface area (Å²) < 4.78 is 0. The van der Waals surface area contributed by atoms with Gasteiger partial charge in [0.25, 0.3) is 0 Å². The van der Waals surface area contributed by atoms with Crippen LogP contribution in [0.1, 0.15) is 45.3 Å². The molecule has 1 unspecified atom stereocenters. The topological polar surface area (TPSA) is 41.1 Å². The van der Waals surface area contributed by atoms with E-state index in [2.05, 4.69) is 55.1 Å². The summed E-state index contributed by atoms with van der Waals surface area (Å²) in [4.78, 5) is 11.0. The lowest BCUT2D eigenvalue weighted by molar-refractivity contribution is 0.0868. The Morgan fingerprint density at radius 1 is 1.22 bits per heavy atom. The Morgan fingerprint density at radius 2 is 1.89 bits per heavy atom. The minimum absolute atomic E-state index is 0.0754. The van der Waals surface area contributed by atoms with E-state index in [0.29, 0.717) is 0 Å². The molecule has 4 heteroatoms. The molecule has 1 rings (SSSR count). The molecule has 0 saturated heterocycles. The molecule has 0 bridgehead atoms. The van der Waals surface area contributed by atoms with E-state index in [9.17, 15) is 0 Å². The second kappa shape index (κ2) is 6.81. The van der Waals surface area contributed by atoms with Crippen LogP contribution in [-0.4, -0.2) is 41.0 Å². The zero-order chi connectivity index (χ0) is 13.6. The van der Waals surface area contributed by atoms with Gasteiger partial charge in [0.15, 0.2) is 0 Å². The fourth-order valence-corrected chi connectivity index (χ4v) is 2.78. The Labute approximate surface area is 111 Å². The van der Waals surface area contributed by atoms with Crippen LogP contribution in [0.4, 0.5) is 0 Å². The van der Waals surface area contributed by atoms with Crippen LogP contribution in [0.15, 0.2) is 18.6 Å². The fraction of sp³-hybridized carbons (Fsp3) is 0.714. The van der Waals surface area contributed by atoms with Gasteiger partial charge in [0, 0.05) is 17.9 Å². The van der Waals surface area contributed by atoms with Crippen LogP contribution in [0.5, 0.6) is 0 Å². The molecule has 0 radical (unpaired) electrons. The summed E-state index contributed by atoms with van der Waals surface area (Å²) in [6, 6.07) is 0.209. The minimum atomic E-state index is 0.0754. The summed E-state index contributed by atoms with van der Waals surface area (Å²) >= 11 is 0. The van der Waals surface area contributed by atoms with E-state index in [-0.39, 0.29) is 11.6 Å². The smallest absolute Gasteiger partial charge is 0.0775 e. The molecule has 0 aromatic carbocycles. The Bertz CT molecular complexity index is 333. The number of likely N-dealkylation sites (N-methyl/N-ethyl adjacent to an activating group) is 2. The van der Waals surface area contributed by atoms with Gasteiger partial charge in [-0.3, -0.25) is 9.97 Å². The van der Waals surface area contributed by atoms with Crippen molar-refractivity contribution >= 4 is 0 Å². The van der Waals surface area contributed by atoms with Crippen molar-refractivity contribution < 1.29 is 0 Å². The minimum Gasteiger partial charge on any atom is -0.307 e. The van der Waals surface area contributed by atoms with Crippen molar-refractivity contribution in [2.75, 3.05) is 20.6 Å². The Balaban J connectivity index is 3.17. The molecule has 1 atom stereocenters. The normalized spacial score (nSPS) is 13.9. The van der Waals surface area contributed by atoms with Gasteiger partial charge in [-0.05, 0) is 33.5 Å². The number of nitrogens with one attached hydrogen (secondary N) is 1. The van der Waals surface area contributed by atoms with E-state index in [1.54, 1.807) is 12.4 Å². The number of nitrogens with zero attached hydrogens (tertiary/aromatic N) is 3. The zero-order valence-corrected chi connectivity index (χ0v) is 12.3. The lowest BCUT2D eigenvalue weighted by Gasteiger charge is -2.45. The van der Waals surface area contributed by atoms with Crippen molar-refractivity contribution in [3.05, 3.63) is 24.3 Å². The van der Waals surface area contributed by atoms with Gasteiger partial charge >= 0.3 is 0 Å². The molecule has 0 spiro atoms. The van der Waals surface area contributed by atoms with Crippen LogP contribution in [0.25, 0.3) is 0 Å². The Morgan fingerprint density at radius 3 is 2.28 bits per heavy atom. The van der Waals surface area contributed by atoms with Crippen molar-refractivity contribution in [3.63, 3.8) is 0 Å². The molecule has 0 aliphatic heterocycles. The van der Waals surface area contributed by atoms with Crippen LogP contribution in [-0.2, 0) is 0 Å². The van der Waals surface area contributed by atoms with Crippen LogP contribution < -0.4 is 5.32 Å². The van der Waals surface area contributed by atoms with Gasteiger partial charge in [-0.2, -0.15) is 0 Å². The summed E-state index contributed by atoms with van der Waals surface area (Å²) in [5.41, 5.74) is 1.10. The van der Waals surface area contributed by atoms with E-state index >= 15 is 0 Å². The highest BCUT2D eigenvalue weighted by molar-refractivity contribution is 5.12. The lowest BCUT2D eigenvalue weighted by atomic mass is 9.81. The summed E-state index contributed by atoms with van der Waals surface area (Å²) in [6.07, 6.45) is 7.51. The molecule has 102 valence electrons. The molecule has 1 aromatic heterocycles. The molecule has 0 saturated carbocycles. The highest BCUT2D eigenvalue weighted by Crippen LogP contribution is 2.34. The van der Waals surface area contributed by atoms with Gasteiger partial charge in [0.2, 0.25) is 0 Å². The first-order valence-electron chi connectivity index (χ1n) is 6.79. The molecule has 18 heavy (non-hydrogen) atoms. The summed E-state index contributed by atoms with van der Waals surface area (Å²) in [5, 5.41) is 3.58. The zero-order valence-electron chi connectivity index (χ0n) is 12.3. The Kier molecular flexibility index (Phi) is 5.69. The van der Waals surface area contributed by atoms with Crippen LogP contribution in [0, 0.1) is 0 Å². The maximum Gasteiger partial charge on any atom is 0.0775 e. The first-order valence-corrected chi connectivity index (χ1v) is 6.79. The quantitative estimate of drug-likeness (QED) is 0.806. The fourth-order valence-electron chi connectivity index (χ4n) is 2.78. The van der Waals surface area contributed by atoms with Crippen LogP contribution in [0.3, 0.4) is 0 Å². The third kappa shape index (κ3) is 2.87. The van der Waals surface area contributed by atoms with Gasteiger partial charge in [-0.25, -0.2) is 0 Å². The highest BCUT2D eigenvalue weighted by Gasteiger charge is 2.39. The van der Waals surface area contributed by atoms with Crippen LogP contribution in [0.2, 0.25) is 0 Å². The van der Waals surface area contributed by atoms with E-state index < -0.39 is 0 Å². The largest absolute Gasteiger partial charge is 0.307 e. The first kappa shape index (κ1) is 15.1. The van der Waals surface area contributed by atoms with Gasteiger partial charge in [0.05, 0.1) is 17.9 Å². The van der Waals surface area contributed by atoms with Crippen molar-refractivity contribution in [1.82, 2.24) is 20.2 Å². The monoisotopic (exact) mass is 250 g/mol. The van der Waals surface area contributed by atoms with E-state index in [1.807, 2.05) is 6.20 Å². The molecule has 0 aliphatic carbocycles. The summed E-state index contributed by atoms with van der Waals surface area (Å²) in [6.45, 7) is 7.54. The average Bonchev–Trinajstić information content (AvgIpc) is 2.40. The van der Waals surface area contributed by atoms with E-state index in [1.165, 1.54) is 0 Å². The number of hydrogen-bond donors (Lipinski definition) is 1. The molecular weight excluding hydrogens is 224 g/mol. The average molecular weight is 250 g/mol. The Hall–Kier alpha value is -1.00. The van der Waals surface area contributed by atoms with Crippen molar-refractivity contribution in [2.45, 2.75) is 45.2 Å². The third-order valence-corrected chi connectivity index (χ3v) is 3.94. The van der Waals surface area contributed by atoms with Gasteiger partial charge in [-0.15, -0.1) is 0 Å². The van der Waals surface area contributed by atoms with Gasteiger partial charge in [-0.1, -0.05) is 20.8 Å². The molecule has 1 aromatic rings. The predicted octanol–water partition coefficient (Wildman–Crippen LogP) is 2.25. The molecule has 0 aliphatic rings. The SMILES string of the molecule is CCNC(c1cnccn1)C(CC)(CC)N(C)C. The molecule has 1 N–H and O–H groups in total. The highest BCUT2D eigenvalue weighted by atomic mass is 15.2. The van der Waals surface area contributed by atoms with E-state index in [4.69, 9.17) is 0 Å². The predicted molar refractivity (Wildman–Crippen MR) is 75.4 cm³/mol. The first-order chi connectivity index (χ1) is 8.62. The number of rotatable bonds is 7. The molecule has 1 heterocycles. The van der Waals surface area contributed by atoms with Crippen molar-refractivity contribution in [1.29, 1.82) is 0 Å². The maximum atomic E-state index is 4.49. The second-order valence-corrected chi connectivity index (χ2v) is 4.83.